The van der Waals surface area contributed by atoms with Crippen molar-refractivity contribution in [3.63, 3.8) is 0 Å². The predicted octanol–water partition coefficient (Wildman–Crippen LogP) is 5.75. The Labute approximate surface area is 184 Å². The molecule has 0 aliphatic carbocycles. The van der Waals surface area contributed by atoms with Crippen LogP contribution in [0.5, 0.6) is 0 Å². The molecule has 3 nitrogen and oxygen atoms in total. The van der Waals surface area contributed by atoms with Crippen LogP contribution in [0.4, 0.5) is 0 Å². The number of halogens is 1. The highest BCUT2D eigenvalue weighted by Crippen LogP contribution is 2.37. The molecule has 2 aliphatic rings. The van der Waals surface area contributed by atoms with Gasteiger partial charge >= 0.3 is 5.97 Å². The van der Waals surface area contributed by atoms with E-state index in [4.69, 9.17) is 4.74 Å². The molecule has 5 rings (SSSR count). The lowest BCUT2D eigenvalue weighted by molar-refractivity contribution is 0.0355. The maximum Gasteiger partial charge on any atom is 0.339 e. The molecule has 3 aromatic rings. The molecular formula is C26H26ClNO2. The zero-order valence-corrected chi connectivity index (χ0v) is 17.7. The molecule has 0 N–H and O–H groups in total. The number of cyclic esters (lactones) is 1. The van der Waals surface area contributed by atoms with Crippen molar-refractivity contribution in [2.45, 2.75) is 31.4 Å². The smallest absolute Gasteiger partial charge is 0.339 e. The van der Waals surface area contributed by atoms with Crippen LogP contribution in [0.1, 0.15) is 57.6 Å². The maximum atomic E-state index is 12.1. The summed E-state index contributed by atoms with van der Waals surface area (Å²) in [5.74, 6) is -0.181. The monoisotopic (exact) mass is 419 g/mol. The van der Waals surface area contributed by atoms with E-state index in [0.29, 0.717) is 6.04 Å². The van der Waals surface area contributed by atoms with E-state index in [9.17, 15) is 4.79 Å². The van der Waals surface area contributed by atoms with Crippen LogP contribution in [0.25, 0.3) is 0 Å². The highest BCUT2D eigenvalue weighted by molar-refractivity contribution is 5.93. The van der Waals surface area contributed by atoms with Crippen molar-refractivity contribution in [1.29, 1.82) is 0 Å². The average molecular weight is 420 g/mol. The van der Waals surface area contributed by atoms with E-state index in [-0.39, 0.29) is 24.5 Å². The minimum atomic E-state index is -0.181. The Bertz CT molecular complexity index is 1020. The summed E-state index contributed by atoms with van der Waals surface area (Å²) < 4.78 is 5.63. The van der Waals surface area contributed by atoms with Crippen LogP contribution in [0, 0.1) is 0 Å². The van der Waals surface area contributed by atoms with E-state index in [1.54, 1.807) is 0 Å². The molecule has 2 atom stereocenters. The summed E-state index contributed by atoms with van der Waals surface area (Å²) in [6, 6.07) is 27.7. The number of hydrogen-bond donors (Lipinski definition) is 0. The van der Waals surface area contributed by atoms with Crippen molar-refractivity contribution in [2.75, 3.05) is 13.1 Å². The van der Waals surface area contributed by atoms with Gasteiger partial charge in [-0.25, -0.2) is 4.79 Å². The Morgan fingerprint density at radius 2 is 1.57 bits per heavy atom. The molecule has 2 unspecified atom stereocenters. The first-order valence-corrected chi connectivity index (χ1v) is 10.5. The van der Waals surface area contributed by atoms with Gasteiger partial charge in [0.2, 0.25) is 0 Å². The van der Waals surface area contributed by atoms with Crippen molar-refractivity contribution >= 4 is 18.4 Å². The van der Waals surface area contributed by atoms with Crippen molar-refractivity contribution in [3.8, 4) is 0 Å². The Morgan fingerprint density at radius 1 is 0.867 bits per heavy atom. The largest absolute Gasteiger partial charge is 0.454 e. The van der Waals surface area contributed by atoms with Gasteiger partial charge in [0.05, 0.1) is 11.6 Å². The third kappa shape index (κ3) is 3.88. The van der Waals surface area contributed by atoms with Gasteiger partial charge in [-0.2, -0.15) is 0 Å². The molecule has 0 amide bonds. The minimum Gasteiger partial charge on any atom is -0.454 e. The number of ether oxygens (including phenoxy) is 1. The van der Waals surface area contributed by atoms with Crippen LogP contribution >= 0.6 is 12.4 Å². The van der Waals surface area contributed by atoms with Gasteiger partial charge in [0.15, 0.2) is 0 Å². The summed E-state index contributed by atoms with van der Waals surface area (Å²) in [6.45, 7) is 2.04. The number of carbonyl (C=O) groups excluding carboxylic acids is 1. The summed E-state index contributed by atoms with van der Waals surface area (Å²) in [6.07, 6.45) is 2.84. The Hall–Kier alpha value is -2.62. The summed E-state index contributed by atoms with van der Waals surface area (Å²) in [5.41, 5.74) is 5.99. The second-order valence-electron chi connectivity index (χ2n) is 7.92. The number of hydrogen-bond acceptors (Lipinski definition) is 3. The van der Waals surface area contributed by atoms with E-state index in [2.05, 4.69) is 59.5 Å². The number of benzene rings is 3. The molecule has 30 heavy (non-hydrogen) atoms. The van der Waals surface area contributed by atoms with Crippen LogP contribution in [-0.4, -0.2) is 24.0 Å². The molecule has 2 heterocycles. The van der Waals surface area contributed by atoms with E-state index in [1.807, 2.05) is 24.3 Å². The molecule has 0 saturated carbocycles. The van der Waals surface area contributed by atoms with E-state index < -0.39 is 0 Å². The molecule has 0 spiro atoms. The second kappa shape index (κ2) is 9.03. The standard InChI is InChI=1S/C26H25NO2.ClH/c28-26-23-14-7-6-13-22(23)24(29-26)15-8-17-27-18-16-19-9-4-5-12-21(19)25(27)20-10-2-1-3-11-20;/h1-7,9-14,24-25H,8,15-18H2;1H. The number of esters is 1. The topological polar surface area (TPSA) is 29.5 Å². The molecule has 2 aliphatic heterocycles. The van der Waals surface area contributed by atoms with Gasteiger partial charge in [-0.05, 0) is 48.6 Å². The fraction of sp³-hybridized carbons (Fsp3) is 0.269. The Morgan fingerprint density at radius 3 is 2.40 bits per heavy atom. The van der Waals surface area contributed by atoms with E-state index in [0.717, 1.165) is 43.5 Å². The summed E-state index contributed by atoms with van der Waals surface area (Å²) in [4.78, 5) is 14.7. The fourth-order valence-electron chi connectivity index (χ4n) is 4.80. The normalized spacial score (nSPS) is 20.1. The lowest BCUT2D eigenvalue weighted by Gasteiger charge is -2.38. The van der Waals surface area contributed by atoms with Crippen molar-refractivity contribution in [2.24, 2.45) is 0 Å². The van der Waals surface area contributed by atoms with Crippen LogP contribution in [0.3, 0.4) is 0 Å². The molecular weight excluding hydrogens is 394 g/mol. The van der Waals surface area contributed by atoms with Gasteiger partial charge in [0, 0.05) is 12.1 Å². The highest BCUT2D eigenvalue weighted by Gasteiger charge is 2.31. The van der Waals surface area contributed by atoms with Crippen molar-refractivity contribution in [3.05, 3.63) is 107 Å². The zero-order chi connectivity index (χ0) is 19.6. The molecule has 0 bridgehead atoms. The summed E-state index contributed by atoms with van der Waals surface area (Å²) in [7, 11) is 0. The third-order valence-corrected chi connectivity index (χ3v) is 6.19. The number of rotatable bonds is 5. The SMILES string of the molecule is Cl.O=C1OC(CCCN2CCc3ccccc3C2c2ccccc2)c2ccccc21. The maximum absolute atomic E-state index is 12.1. The molecule has 0 aromatic heterocycles. The zero-order valence-electron chi connectivity index (χ0n) is 16.9. The first kappa shape index (κ1) is 20.6. The molecule has 0 saturated heterocycles. The molecule has 0 fully saturated rings. The first-order valence-electron chi connectivity index (χ1n) is 10.5. The quantitative estimate of drug-likeness (QED) is 0.493. The fourth-order valence-corrected chi connectivity index (χ4v) is 4.80. The van der Waals surface area contributed by atoms with Crippen molar-refractivity contribution < 1.29 is 9.53 Å². The van der Waals surface area contributed by atoms with Gasteiger partial charge in [0.25, 0.3) is 0 Å². The van der Waals surface area contributed by atoms with Crippen molar-refractivity contribution in [1.82, 2.24) is 4.90 Å². The lowest BCUT2D eigenvalue weighted by Crippen LogP contribution is -2.36. The Balaban J connectivity index is 0.00000218. The second-order valence-corrected chi connectivity index (χ2v) is 7.92. The van der Waals surface area contributed by atoms with Gasteiger partial charge < -0.3 is 4.74 Å². The summed E-state index contributed by atoms with van der Waals surface area (Å²) >= 11 is 0. The first-order chi connectivity index (χ1) is 14.3. The van der Waals surface area contributed by atoms with Crippen LogP contribution < -0.4 is 0 Å². The lowest BCUT2D eigenvalue weighted by atomic mass is 9.88. The van der Waals surface area contributed by atoms with Crippen LogP contribution in [0.15, 0.2) is 78.9 Å². The van der Waals surface area contributed by atoms with Crippen LogP contribution in [0.2, 0.25) is 0 Å². The van der Waals surface area contributed by atoms with E-state index >= 15 is 0 Å². The van der Waals surface area contributed by atoms with Gasteiger partial charge in [-0.1, -0.05) is 72.8 Å². The van der Waals surface area contributed by atoms with Gasteiger partial charge in [-0.15, -0.1) is 12.4 Å². The number of fused-ring (bicyclic) bond motifs is 2. The Kier molecular flexibility index (Phi) is 6.21. The predicted molar refractivity (Wildman–Crippen MR) is 121 cm³/mol. The highest BCUT2D eigenvalue weighted by atomic mass is 35.5. The summed E-state index contributed by atoms with van der Waals surface area (Å²) in [5, 5.41) is 0. The van der Waals surface area contributed by atoms with E-state index in [1.165, 1.54) is 16.7 Å². The van der Waals surface area contributed by atoms with Crippen LogP contribution in [-0.2, 0) is 11.2 Å². The molecule has 3 aromatic carbocycles. The molecule has 4 heteroatoms. The van der Waals surface area contributed by atoms with Gasteiger partial charge in [-0.3, -0.25) is 4.90 Å². The molecule has 154 valence electrons. The minimum absolute atomic E-state index is 0. The number of nitrogens with zero attached hydrogens (tertiary/aromatic N) is 1. The average Bonchev–Trinajstić information content (AvgIpc) is 3.10. The molecule has 0 radical (unpaired) electrons. The van der Waals surface area contributed by atoms with Gasteiger partial charge in [0.1, 0.15) is 6.10 Å². The third-order valence-electron chi connectivity index (χ3n) is 6.19. The number of carbonyl (C=O) groups is 1.